The maximum atomic E-state index is 5.95. The van der Waals surface area contributed by atoms with Crippen LogP contribution in [0.2, 0.25) is 0 Å². The number of hydrogen-bond acceptors (Lipinski definition) is 4. The SMILES string of the molecule is CCn1ncnc1Cn1cc(CC(C)N)c2cccnc21. The highest BCUT2D eigenvalue weighted by atomic mass is 15.3. The second-order valence-corrected chi connectivity index (χ2v) is 5.33. The van der Waals surface area contributed by atoms with Crippen LogP contribution >= 0.6 is 0 Å². The summed E-state index contributed by atoms with van der Waals surface area (Å²) in [6, 6.07) is 4.19. The number of nitrogens with two attached hydrogens (primary N) is 1. The molecule has 0 aliphatic heterocycles. The highest BCUT2D eigenvalue weighted by Gasteiger charge is 2.12. The normalized spacial score (nSPS) is 12.9. The van der Waals surface area contributed by atoms with Crippen molar-refractivity contribution in [2.24, 2.45) is 5.73 Å². The molecule has 2 N–H and O–H groups in total. The van der Waals surface area contributed by atoms with Gasteiger partial charge in [-0.2, -0.15) is 5.10 Å². The van der Waals surface area contributed by atoms with E-state index >= 15 is 0 Å². The number of nitrogens with zero attached hydrogens (tertiary/aromatic N) is 5. The number of aryl methyl sites for hydroxylation is 1. The van der Waals surface area contributed by atoms with E-state index in [0.717, 1.165) is 29.8 Å². The lowest BCUT2D eigenvalue weighted by Gasteiger charge is -2.05. The van der Waals surface area contributed by atoms with Gasteiger partial charge in [-0.05, 0) is 38.0 Å². The van der Waals surface area contributed by atoms with Gasteiger partial charge in [0, 0.05) is 30.4 Å². The highest BCUT2D eigenvalue weighted by Crippen LogP contribution is 2.21. The third kappa shape index (κ3) is 2.67. The predicted molar refractivity (Wildman–Crippen MR) is 81.9 cm³/mol. The summed E-state index contributed by atoms with van der Waals surface area (Å²) in [5.41, 5.74) is 8.15. The largest absolute Gasteiger partial charge is 0.328 e. The second-order valence-electron chi connectivity index (χ2n) is 5.33. The molecule has 21 heavy (non-hydrogen) atoms. The predicted octanol–water partition coefficient (Wildman–Crippen LogP) is 1.59. The van der Waals surface area contributed by atoms with Gasteiger partial charge < -0.3 is 10.3 Å². The zero-order valence-electron chi connectivity index (χ0n) is 12.4. The third-order valence-corrected chi connectivity index (χ3v) is 3.57. The Balaban J connectivity index is 2.02. The molecule has 1 unspecified atom stereocenters. The summed E-state index contributed by atoms with van der Waals surface area (Å²) in [7, 11) is 0. The fourth-order valence-corrected chi connectivity index (χ4v) is 2.65. The maximum absolute atomic E-state index is 5.95. The first-order valence-electron chi connectivity index (χ1n) is 7.24. The number of pyridine rings is 1. The van der Waals surface area contributed by atoms with Crippen molar-refractivity contribution in [2.45, 2.75) is 39.4 Å². The highest BCUT2D eigenvalue weighted by molar-refractivity contribution is 5.80. The standard InChI is InChI=1S/C15H20N6/c1-3-21-14(18-10-19-21)9-20-8-12(7-11(2)16)13-5-4-6-17-15(13)20/h4-6,8,10-11H,3,7,9,16H2,1-2H3. The van der Waals surface area contributed by atoms with Crippen LogP contribution in [-0.4, -0.2) is 30.4 Å². The Hall–Kier alpha value is -2.21. The topological polar surface area (TPSA) is 74.5 Å². The molecule has 3 aromatic rings. The Bertz CT molecular complexity index is 740. The first kappa shape index (κ1) is 13.8. The fraction of sp³-hybridized carbons (Fsp3) is 0.400. The minimum absolute atomic E-state index is 0.128. The van der Waals surface area contributed by atoms with Crippen molar-refractivity contribution in [3.63, 3.8) is 0 Å². The lowest BCUT2D eigenvalue weighted by Crippen LogP contribution is -2.17. The summed E-state index contributed by atoms with van der Waals surface area (Å²) in [5.74, 6) is 0.937. The number of aromatic nitrogens is 5. The molecule has 3 aromatic heterocycles. The number of rotatable bonds is 5. The van der Waals surface area contributed by atoms with Gasteiger partial charge in [0.25, 0.3) is 0 Å². The van der Waals surface area contributed by atoms with E-state index in [1.807, 2.05) is 23.9 Å². The molecule has 0 aromatic carbocycles. The number of fused-ring (bicyclic) bond motifs is 1. The van der Waals surface area contributed by atoms with Gasteiger partial charge in [-0.15, -0.1) is 0 Å². The van der Waals surface area contributed by atoms with Crippen LogP contribution in [-0.2, 0) is 19.5 Å². The fourth-order valence-electron chi connectivity index (χ4n) is 2.65. The van der Waals surface area contributed by atoms with Crippen molar-refractivity contribution in [3.05, 3.63) is 42.2 Å². The zero-order chi connectivity index (χ0) is 14.8. The monoisotopic (exact) mass is 284 g/mol. The van der Waals surface area contributed by atoms with Crippen molar-refractivity contribution in [1.29, 1.82) is 0 Å². The Morgan fingerprint density at radius 3 is 2.95 bits per heavy atom. The zero-order valence-corrected chi connectivity index (χ0v) is 12.4. The molecule has 0 radical (unpaired) electrons. The van der Waals surface area contributed by atoms with Gasteiger partial charge in [-0.3, -0.25) is 0 Å². The van der Waals surface area contributed by atoms with Gasteiger partial charge in [0.05, 0.1) is 6.54 Å². The molecule has 0 fully saturated rings. The van der Waals surface area contributed by atoms with Crippen molar-refractivity contribution in [1.82, 2.24) is 24.3 Å². The average molecular weight is 284 g/mol. The Labute approximate surface area is 123 Å². The van der Waals surface area contributed by atoms with E-state index < -0.39 is 0 Å². The molecule has 110 valence electrons. The Kier molecular flexibility index (Phi) is 3.70. The van der Waals surface area contributed by atoms with E-state index in [0.29, 0.717) is 6.54 Å². The van der Waals surface area contributed by atoms with Gasteiger partial charge in [0.15, 0.2) is 0 Å². The van der Waals surface area contributed by atoms with Crippen LogP contribution in [0.25, 0.3) is 11.0 Å². The van der Waals surface area contributed by atoms with E-state index in [1.54, 1.807) is 6.33 Å². The molecule has 0 bridgehead atoms. The Morgan fingerprint density at radius 1 is 1.33 bits per heavy atom. The average Bonchev–Trinajstić information content (AvgIpc) is 3.05. The lowest BCUT2D eigenvalue weighted by molar-refractivity contribution is 0.595. The molecule has 0 amide bonds. The second kappa shape index (κ2) is 5.65. The molecule has 0 saturated carbocycles. The first-order chi connectivity index (χ1) is 10.2. The van der Waals surface area contributed by atoms with E-state index in [9.17, 15) is 0 Å². The minimum Gasteiger partial charge on any atom is -0.328 e. The minimum atomic E-state index is 0.128. The Morgan fingerprint density at radius 2 is 2.19 bits per heavy atom. The van der Waals surface area contributed by atoms with E-state index in [1.165, 1.54) is 5.56 Å². The van der Waals surface area contributed by atoms with Crippen molar-refractivity contribution >= 4 is 11.0 Å². The summed E-state index contributed by atoms with van der Waals surface area (Å²) in [6.07, 6.45) is 6.39. The molecule has 0 aliphatic rings. The van der Waals surface area contributed by atoms with Crippen LogP contribution in [0.5, 0.6) is 0 Å². The molecule has 0 aliphatic carbocycles. The summed E-state index contributed by atoms with van der Waals surface area (Å²) in [4.78, 5) is 8.85. The van der Waals surface area contributed by atoms with Crippen LogP contribution in [0.1, 0.15) is 25.2 Å². The smallest absolute Gasteiger partial charge is 0.146 e. The van der Waals surface area contributed by atoms with Gasteiger partial charge in [0.2, 0.25) is 0 Å². The number of hydrogen-bond donors (Lipinski definition) is 1. The van der Waals surface area contributed by atoms with E-state index in [4.69, 9.17) is 5.73 Å². The first-order valence-corrected chi connectivity index (χ1v) is 7.24. The molecule has 6 nitrogen and oxygen atoms in total. The van der Waals surface area contributed by atoms with Crippen molar-refractivity contribution < 1.29 is 0 Å². The summed E-state index contributed by atoms with van der Waals surface area (Å²) < 4.78 is 4.03. The van der Waals surface area contributed by atoms with E-state index in [2.05, 4.69) is 38.8 Å². The molecule has 1 atom stereocenters. The summed E-state index contributed by atoms with van der Waals surface area (Å²) >= 11 is 0. The maximum Gasteiger partial charge on any atom is 0.146 e. The van der Waals surface area contributed by atoms with Crippen LogP contribution in [0, 0.1) is 0 Å². The van der Waals surface area contributed by atoms with Crippen LogP contribution in [0.15, 0.2) is 30.9 Å². The van der Waals surface area contributed by atoms with Gasteiger partial charge in [0.1, 0.15) is 17.8 Å². The van der Waals surface area contributed by atoms with E-state index in [-0.39, 0.29) is 6.04 Å². The van der Waals surface area contributed by atoms with Crippen LogP contribution in [0.3, 0.4) is 0 Å². The molecule has 3 rings (SSSR count). The molecular weight excluding hydrogens is 264 g/mol. The van der Waals surface area contributed by atoms with Crippen molar-refractivity contribution in [3.8, 4) is 0 Å². The summed E-state index contributed by atoms with van der Waals surface area (Å²) in [6.45, 7) is 5.56. The van der Waals surface area contributed by atoms with Gasteiger partial charge in [-0.1, -0.05) is 0 Å². The molecule has 0 saturated heterocycles. The quantitative estimate of drug-likeness (QED) is 0.772. The van der Waals surface area contributed by atoms with Crippen LogP contribution in [0.4, 0.5) is 0 Å². The molecule has 0 spiro atoms. The summed E-state index contributed by atoms with van der Waals surface area (Å²) in [5, 5.41) is 5.38. The molecule has 6 heteroatoms. The molecule has 3 heterocycles. The lowest BCUT2D eigenvalue weighted by atomic mass is 10.1. The van der Waals surface area contributed by atoms with Gasteiger partial charge in [-0.25, -0.2) is 14.6 Å². The van der Waals surface area contributed by atoms with Crippen molar-refractivity contribution in [2.75, 3.05) is 0 Å². The molecular formula is C15H20N6. The third-order valence-electron chi connectivity index (χ3n) is 3.57. The van der Waals surface area contributed by atoms with Crippen LogP contribution < -0.4 is 5.73 Å². The van der Waals surface area contributed by atoms with Gasteiger partial charge >= 0.3 is 0 Å².